The van der Waals surface area contributed by atoms with Gasteiger partial charge in [0.2, 0.25) is 0 Å². The van der Waals surface area contributed by atoms with Crippen LogP contribution < -0.4 is 5.32 Å². The fourth-order valence-electron chi connectivity index (χ4n) is 1.54. The quantitative estimate of drug-likeness (QED) is 0.558. The third-order valence-electron chi connectivity index (χ3n) is 2.60. The molecule has 1 unspecified atom stereocenters. The summed E-state index contributed by atoms with van der Waals surface area (Å²) >= 11 is 5.33. The van der Waals surface area contributed by atoms with Crippen molar-refractivity contribution in [1.82, 2.24) is 10.2 Å². The molecule has 0 rings (SSSR count). The predicted octanol–water partition coefficient (Wildman–Crippen LogP) is 3.03. The van der Waals surface area contributed by atoms with E-state index in [1.54, 1.807) is 0 Å². The molecule has 15 heavy (non-hydrogen) atoms. The Morgan fingerprint density at radius 3 is 2.40 bits per heavy atom. The number of unbranched alkanes of at least 4 members (excludes halogenated alkanes) is 1. The standard InChI is InChI=1S/C12H26N2S/c1-6-7-8-13-12(15)14(5)11(4)9-10(2)3/h10-11H,6-9H2,1-5H3,(H,13,15). The summed E-state index contributed by atoms with van der Waals surface area (Å²) in [5, 5.41) is 4.18. The molecule has 0 aliphatic heterocycles. The van der Waals surface area contributed by atoms with Crippen LogP contribution in [0.1, 0.15) is 47.0 Å². The van der Waals surface area contributed by atoms with Crippen molar-refractivity contribution in [2.45, 2.75) is 53.0 Å². The summed E-state index contributed by atoms with van der Waals surface area (Å²) in [6, 6.07) is 0.520. The van der Waals surface area contributed by atoms with Crippen molar-refractivity contribution in [3.8, 4) is 0 Å². The Balaban J connectivity index is 3.85. The van der Waals surface area contributed by atoms with E-state index in [2.05, 4.69) is 45.0 Å². The van der Waals surface area contributed by atoms with Crippen LogP contribution in [-0.4, -0.2) is 29.6 Å². The Morgan fingerprint density at radius 2 is 1.93 bits per heavy atom. The molecule has 0 heterocycles. The normalized spacial score (nSPS) is 12.7. The molecule has 0 amide bonds. The van der Waals surface area contributed by atoms with E-state index in [9.17, 15) is 0 Å². The van der Waals surface area contributed by atoms with E-state index in [1.165, 1.54) is 19.3 Å². The molecule has 1 atom stereocenters. The SMILES string of the molecule is CCCCNC(=S)N(C)C(C)CC(C)C. The molecule has 1 N–H and O–H groups in total. The van der Waals surface area contributed by atoms with E-state index >= 15 is 0 Å². The van der Waals surface area contributed by atoms with E-state index < -0.39 is 0 Å². The number of hydrogen-bond acceptors (Lipinski definition) is 1. The second-order valence-electron chi connectivity index (χ2n) is 4.67. The molecule has 0 aliphatic carbocycles. The second kappa shape index (κ2) is 7.91. The van der Waals surface area contributed by atoms with Gasteiger partial charge in [0.1, 0.15) is 0 Å². The van der Waals surface area contributed by atoms with E-state index in [4.69, 9.17) is 12.2 Å². The summed E-state index contributed by atoms with van der Waals surface area (Å²) in [6.07, 6.45) is 3.58. The first-order valence-electron chi connectivity index (χ1n) is 5.99. The molecule has 0 aromatic rings. The summed E-state index contributed by atoms with van der Waals surface area (Å²) in [6.45, 7) is 9.91. The van der Waals surface area contributed by atoms with Crippen molar-refractivity contribution < 1.29 is 0 Å². The monoisotopic (exact) mass is 230 g/mol. The molecule has 0 fully saturated rings. The molecule has 0 aromatic carbocycles. The van der Waals surface area contributed by atoms with Crippen LogP contribution in [0.3, 0.4) is 0 Å². The van der Waals surface area contributed by atoms with Crippen LogP contribution in [-0.2, 0) is 0 Å². The van der Waals surface area contributed by atoms with Crippen LogP contribution in [0.15, 0.2) is 0 Å². The first kappa shape index (κ1) is 14.7. The van der Waals surface area contributed by atoms with Gasteiger partial charge in [-0.25, -0.2) is 0 Å². The van der Waals surface area contributed by atoms with Gasteiger partial charge < -0.3 is 10.2 Å². The predicted molar refractivity (Wildman–Crippen MR) is 72.2 cm³/mol. The Morgan fingerprint density at radius 1 is 1.33 bits per heavy atom. The van der Waals surface area contributed by atoms with Crippen molar-refractivity contribution >= 4 is 17.3 Å². The molecule has 3 heteroatoms. The average molecular weight is 230 g/mol. The highest BCUT2D eigenvalue weighted by Gasteiger charge is 2.13. The average Bonchev–Trinajstić information content (AvgIpc) is 2.15. The van der Waals surface area contributed by atoms with Gasteiger partial charge in [0, 0.05) is 19.6 Å². The third kappa shape index (κ3) is 6.72. The van der Waals surface area contributed by atoms with E-state index in [-0.39, 0.29) is 0 Å². The molecule has 0 saturated heterocycles. The number of rotatable bonds is 6. The van der Waals surface area contributed by atoms with Gasteiger partial charge in [-0.1, -0.05) is 27.2 Å². The van der Waals surface area contributed by atoms with E-state index in [0.717, 1.165) is 17.6 Å². The van der Waals surface area contributed by atoms with Gasteiger partial charge in [-0.3, -0.25) is 0 Å². The third-order valence-corrected chi connectivity index (χ3v) is 3.03. The van der Waals surface area contributed by atoms with Crippen molar-refractivity contribution in [1.29, 1.82) is 0 Å². The van der Waals surface area contributed by atoms with Gasteiger partial charge in [0.25, 0.3) is 0 Å². The first-order valence-corrected chi connectivity index (χ1v) is 6.40. The smallest absolute Gasteiger partial charge is 0.168 e. The zero-order chi connectivity index (χ0) is 11.8. The Kier molecular flexibility index (Phi) is 7.75. The molecular formula is C12H26N2S. The van der Waals surface area contributed by atoms with Gasteiger partial charge >= 0.3 is 0 Å². The number of nitrogens with one attached hydrogen (secondary N) is 1. The van der Waals surface area contributed by atoms with Crippen molar-refractivity contribution in [3.05, 3.63) is 0 Å². The van der Waals surface area contributed by atoms with Gasteiger partial charge in [0.05, 0.1) is 0 Å². The lowest BCUT2D eigenvalue weighted by molar-refractivity contribution is 0.329. The van der Waals surface area contributed by atoms with Crippen molar-refractivity contribution in [2.24, 2.45) is 5.92 Å². The fraction of sp³-hybridized carbons (Fsp3) is 0.917. The van der Waals surface area contributed by atoms with E-state index in [0.29, 0.717) is 6.04 Å². The maximum Gasteiger partial charge on any atom is 0.168 e. The summed E-state index contributed by atoms with van der Waals surface area (Å²) in [4.78, 5) is 2.17. The summed E-state index contributed by atoms with van der Waals surface area (Å²) < 4.78 is 0. The van der Waals surface area contributed by atoms with Gasteiger partial charge in [-0.05, 0) is 37.9 Å². The van der Waals surface area contributed by atoms with Crippen LogP contribution in [0.4, 0.5) is 0 Å². The fourth-order valence-corrected chi connectivity index (χ4v) is 1.82. The molecule has 90 valence electrons. The minimum atomic E-state index is 0.520. The Hall–Kier alpha value is -0.310. The zero-order valence-corrected chi connectivity index (χ0v) is 11.7. The molecular weight excluding hydrogens is 204 g/mol. The largest absolute Gasteiger partial charge is 0.363 e. The highest BCUT2D eigenvalue weighted by atomic mass is 32.1. The van der Waals surface area contributed by atoms with Crippen LogP contribution in [0.2, 0.25) is 0 Å². The van der Waals surface area contributed by atoms with Gasteiger partial charge in [-0.2, -0.15) is 0 Å². The van der Waals surface area contributed by atoms with Crippen LogP contribution in [0.25, 0.3) is 0 Å². The van der Waals surface area contributed by atoms with Crippen LogP contribution in [0.5, 0.6) is 0 Å². The molecule has 2 nitrogen and oxygen atoms in total. The highest BCUT2D eigenvalue weighted by molar-refractivity contribution is 7.80. The van der Waals surface area contributed by atoms with Gasteiger partial charge in [0.15, 0.2) is 5.11 Å². The maximum absolute atomic E-state index is 5.33. The Bertz CT molecular complexity index is 180. The summed E-state index contributed by atoms with van der Waals surface area (Å²) in [7, 11) is 2.08. The second-order valence-corrected chi connectivity index (χ2v) is 5.06. The lowest BCUT2D eigenvalue weighted by Gasteiger charge is -2.29. The molecule has 0 radical (unpaired) electrons. The first-order chi connectivity index (χ1) is 6.99. The zero-order valence-electron chi connectivity index (χ0n) is 10.8. The molecule has 0 aromatic heterocycles. The molecule has 0 spiro atoms. The lowest BCUT2D eigenvalue weighted by Crippen LogP contribution is -2.42. The highest BCUT2D eigenvalue weighted by Crippen LogP contribution is 2.09. The maximum atomic E-state index is 5.33. The summed E-state index contributed by atoms with van der Waals surface area (Å²) in [5.74, 6) is 0.723. The Labute approximate surface area is 100 Å². The topological polar surface area (TPSA) is 15.3 Å². The van der Waals surface area contributed by atoms with Crippen molar-refractivity contribution in [3.63, 3.8) is 0 Å². The minimum Gasteiger partial charge on any atom is -0.363 e. The van der Waals surface area contributed by atoms with Crippen LogP contribution >= 0.6 is 12.2 Å². The number of thiocarbonyl (C=S) groups is 1. The number of hydrogen-bond donors (Lipinski definition) is 1. The van der Waals surface area contributed by atoms with Crippen LogP contribution in [0, 0.1) is 5.92 Å². The van der Waals surface area contributed by atoms with E-state index in [1.807, 2.05) is 0 Å². The minimum absolute atomic E-state index is 0.520. The molecule has 0 aliphatic rings. The van der Waals surface area contributed by atoms with Crippen molar-refractivity contribution in [2.75, 3.05) is 13.6 Å². The number of nitrogens with zero attached hydrogens (tertiary/aromatic N) is 1. The van der Waals surface area contributed by atoms with Gasteiger partial charge in [-0.15, -0.1) is 0 Å². The lowest BCUT2D eigenvalue weighted by atomic mass is 10.0. The summed E-state index contributed by atoms with van der Waals surface area (Å²) in [5.41, 5.74) is 0. The molecule has 0 bridgehead atoms. The molecule has 0 saturated carbocycles.